The topological polar surface area (TPSA) is 26.3 Å². The van der Waals surface area contributed by atoms with Gasteiger partial charge in [0.05, 0.1) is 21.1 Å². The van der Waals surface area contributed by atoms with E-state index < -0.39 is 0 Å². The van der Waals surface area contributed by atoms with Gasteiger partial charge in [-0.1, -0.05) is 70.4 Å². The van der Waals surface area contributed by atoms with Gasteiger partial charge in [-0.25, -0.2) is 0 Å². The first-order chi connectivity index (χ1) is 12.5. The molecule has 0 bridgehead atoms. The van der Waals surface area contributed by atoms with Crippen molar-refractivity contribution >= 4 is 5.97 Å². The summed E-state index contributed by atoms with van der Waals surface area (Å²) in [5.74, 6) is -0.0314. The second-order valence-electron chi connectivity index (χ2n) is 8.57. The van der Waals surface area contributed by atoms with Crippen LogP contribution in [0.15, 0.2) is 12.2 Å². The molecule has 0 rings (SSSR count). The van der Waals surface area contributed by atoms with Gasteiger partial charge in [0.15, 0.2) is 0 Å². The number of hydrogen-bond donors (Lipinski definition) is 0. The third-order valence-electron chi connectivity index (χ3n) is 4.67. The molecule has 0 aromatic heterocycles. The molecule has 0 heterocycles. The Morgan fingerprint density at radius 3 is 1.81 bits per heavy atom. The maximum atomic E-state index is 11.6. The average molecular weight is 369 g/mol. The summed E-state index contributed by atoms with van der Waals surface area (Å²) < 4.78 is 6.11. The van der Waals surface area contributed by atoms with E-state index in [4.69, 9.17) is 4.74 Å². The largest absolute Gasteiger partial charge is 0.460 e. The van der Waals surface area contributed by atoms with Gasteiger partial charge in [0.2, 0.25) is 0 Å². The quantitative estimate of drug-likeness (QED) is 0.123. The van der Waals surface area contributed by atoms with Crippen LogP contribution >= 0.6 is 0 Å². The maximum Gasteiger partial charge on any atom is 0.305 e. The Labute approximate surface area is 163 Å². The molecule has 0 aliphatic heterocycles. The van der Waals surface area contributed by atoms with Gasteiger partial charge < -0.3 is 9.22 Å². The number of quaternary nitrogens is 1. The second kappa shape index (κ2) is 17.6. The molecule has 0 spiro atoms. The SMILES string of the molecule is CCCCCCCC/C=C\CCCCCCCC(=O)OCC[N+](C)(C)C. The molecule has 0 radical (unpaired) electrons. The van der Waals surface area contributed by atoms with Crippen LogP contribution in [-0.2, 0) is 9.53 Å². The molecule has 0 aliphatic rings. The lowest BCUT2D eigenvalue weighted by atomic mass is 10.1. The van der Waals surface area contributed by atoms with Crippen molar-refractivity contribution in [2.45, 2.75) is 96.8 Å². The molecular formula is C23H46NO2+. The van der Waals surface area contributed by atoms with Crippen molar-refractivity contribution in [1.29, 1.82) is 0 Å². The summed E-state index contributed by atoms with van der Waals surface area (Å²) in [6, 6.07) is 0. The minimum Gasteiger partial charge on any atom is -0.460 e. The normalized spacial score (nSPS) is 12.0. The van der Waals surface area contributed by atoms with Crippen LogP contribution < -0.4 is 0 Å². The predicted molar refractivity (Wildman–Crippen MR) is 113 cm³/mol. The predicted octanol–water partition coefficient (Wildman–Crippen LogP) is 6.27. The lowest BCUT2D eigenvalue weighted by molar-refractivity contribution is -0.870. The summed E-state index contributed by atoms with van der Waals surface area (Å²) in [6.07, 6.45) is 22.0. The fraction of sp³-hybridized carbons (Fsp3) is 0.870. The molecule has 3 nitrogen and oxygen atoms in total. The zero-order valence-electron chi connectivity index (χ0n) is 18.2. The number of carbonyl (C=O) groups excluding carboxylic acids is 1. The van der Waals surface area contributed by atoms with Gasteiger partial charge >= 0.3 is 5.97 Å². The molecule has 0 aromatic rings. The van der Waals surface area contributed by atoms with Crippen LogP contribution in [0.5, 0.6) is 0 Å². The zero-order valence-corrected chi connectivity index (χ0v) is 18.2. The highest BCUT2D eigenvalue weighted by molar-refractivity contribution is 5.69. The van der Waals surface area contributed by atoms with E-state index in [2.05, 4.69) is 40.2 Å². The molecule has 0 atom stereocenters. The Kier molecular flexibility index (Phi) is 17.0. The average Bonchev–Trinajstić information content (AvgIpc) is 2.57. The molecule has 0 amide bonds. The first kappa shape index (κ1) is 25.2. The van der Waals surface area contributed by atoms with Gasteiger partial charge in [-0.2, -0.15) is 0 Å². The number of allylic oxidation sites excluding steroid dienone is 2. The summed E-state index contributed by atoms with van der Waals surface area (Å²) >= 11 is 0. The van der Waals surface area contributed by atoms with Gasteiger partial charge in [-0.15, -0.1) is 0 Å². The number of ether oxygens (including phenoxy) is 1. The number of likely N-dealkylation sites (N-methyl/N-ethyl adjacent to an activating group) is 1. The zero-order chi connectivity index (χ0) is 19.5. The molecule has 0 unspecified atom stereocenters. The molecule has 0 N–H and O–H groups in total. The molecule has 3 heteroatoms. The Balaban J connectivity index is 3.25. The third kappa shape index (κ3) is 21.2. The fourth-order valence-corrected chi connectivity index (χ4v) is 2.85. The third-order valence-corrected chi connectivity index (χ3v) is 4.67. The molecule has 154 valence electrons. The molecule has 0 saturated carbocycles. The monoisotopic (exact) mass is 368 g/mol. The highest BCUT2D eigenvalue weighted by Crippen LogP contribution is 2.10. The summed E-state index contributed by atoms with van der Waals surface area (Å²) in [6.45, 7) is 3.68. The molecule has 0 fully saturated rings. The van der Waals surface area contributed by atoms with Crippen molar-refractivity contribution < 1.29 is 14.0 Å². The van der Waals surface area contributed by atoms with Crippen LogP contribution in [0.25, 0.3) is 0 Å². The van der Waals surface area contributed by atoms with E-state index in [1.807, 2.05) is 0 Å². The molecule has 26 heavy (non-hydrogen) atoms. The van der Waals surface area contributed by atoms with Gasteiger partial charge in [0, 0.05) is 6.42 Å². The van der Waals surface area contributed by atoms with Crippen LogP contribution in [0.3, 0.4) is 0 Å². The number of unbranched alkanes of at least 4 members (excludes halogenated alkanes) is 11. The highest BCUT2D eigenvalue weighted by Gasteiger charge is 2.09. The number of esters is 1. The summed E-state index contributed by atoms with van der Waals surface area (Å²) in [7, 11) is 6.33. The van der Waals surface area contributed by atoms with Crippen molar-refractivity contribution in [2.24, 2.45) is 0 Å². The van der Waals surface area contributed by atoms with Crippen LogP contribution in [0.4, 0.5) is 0 Å². The Morgan fingerprint density at radius 1 is 0.769 bits per heavy atom. The molecular weight excluding hydrogens is 322 g/mol. The lowest BCUT2D eigenvalue weighted by Crippen LogP contribution is -2.37. The van der Waals surface area contributed by atoms with Crippen molar-refractivity contribution in [2.75, 3.05) is 34.3 Å². The number of nitrogens with zero attached hydrogens (tertiary/aromatic N) is 1. The number of hydrogen-bond acceptors (Lipinski definition) is 2. The van der Waals surface area contributed by atoms with Crippen molar-refractivity contribution in [3.8, 4) is 0 Å². The fourth-order valence-electron chi connectivity index (χ4n) is 2.85. The summed E-state index contributed by atoms with van der Waals surface area (Å²) in [5.41, 5.74) is 0. The molecule has 0 aromatic carbocycles. The van der Waals surface area contributed by atoms with E-state index in [0.29, 0.717) is 13.0 Å². The van der Waals surface area contributed by atoms with E-state index in [-0.39, 0.29) is 5.97 Å². The van der Waals surface area contributed by atoms with Crippen molar-refractivity contribution in [3.63, 3.8) is 0 Å². The van der Waals surface area contributed by atoms with Gasteiger partial charge in [0.1, 0.15) is 13.2 Å². The van der Waals surface area contributed by atoms with E-state index in [1.54, 1.807) is 0 Å². The van der Waals surface area contributed by atoms with Gasteiger partial charge in [0.25, 0.3) is 0 Å². The maximum absolute atomic E-state index is 11.6. The summed E-state index contributed by atoms with van der Waals surface area (Å²) in [4.78, 5) is 11.6. The van der Waals surface area contributed by atoms with Gasteiger partial charge in [-0.05, 0) is 32.1 Å². The van der Waals surface area contributed by atoms with E-state index in [1.165, 1.54) is 70.6 Å². The van der Waals surface area contributed by atoms with Crippen LogP contribution in [-0.4, -0.2) is 44.7 Å². The van der Waals surface area contributed by atoms with Gasteiger partial charge in [-0.3, -0.25) is 4.79 Å². The summed E-state index contributed by atoms with van der Waals surface area (Å²) in [5, 5.41) is 0. The number of rotatable bonds is 18. The lowest BCUT2D eigenvalue weighted by Gasteiger charge is -2.23. The Bertz CT molecular complexity index is 345. The van der Waals surface area contributed by atoms with Crippen LogP contribution in [0.2, 0.25) is 0 Å². The standard InChI is InChI=1S/C23H46NO2/c1-5-6-7-8-9-10-11-12-13-14-15-16-17-18-19-20-23(25)26-22-21-24(2,3)4/h12-13H,5-11,14-22H2,1-4H3/q+1/b13-12-. The first-order valence-corrected chi connectivity index (χ1v) is 11.1. The second-order valence-corrected chi connectivity index (χ2v) is 8.57. The van der Waals surface area contributed by atoms with E-state index in [0.717, 1.165) is 23.9 Å². The smallest absolute Gasteiger partial charge is 0.305 e. The van der Waals surface area contributed by atoms with Crippen LogP contribution in [0.1, 0.15) is 96.8 Å². The minimum atomic E-state index is -0.0314. The van der Waals surface area contributed by atoms with E-state index >= 15 is 0 Å². The molecule has 0 saturated heterocycles. The molecule has 0 aliphatic carbocycles. The van der Waals surface area contributed by atoms with Crippen molar-refractivity contribution in [3.05, 3.63) is 12.2 Å². The van der Waals surface area contributed by atoms with Crippen molar-refractivity contribution in [1.82, 2.24) is 0 Å². The Morgan fingerprint density at radius 2 is 1.27 bits per heavy atom. The first-order valence-electron chi connectivity index (χ1n) is 11.1. The van der Waals surface area contributed by atoms with Crippen LogP contribution in [0, 0.1) is 0 Å². The highest BCUT2D eigenvalue weighted by atomic mass is 16.5. The number of carbonyl (C=O) groups is 1. The van der Waals surface area contributed by atoms with E-state index in [9.17, 15) is 4.79 Å². The minimum absolute atomic E-state index is 0.0314. The Hall–Kier alpha value is -0.830.